The van der Waals surface area contributed by atoms with Crippen LogP contribution in [-0.4, -0.2) is 20.7 Å². The molecule has 0 aromatic carbocycles. The Kier molecular flexibility index (Phi) is 5.16. The molecule has 2 heterocycles. The molecule has 1 unspecified atom stereocenters. The van der Waals surface area contributed by atoms with E-state index in [1.54, 1.807) is 12.3 Å². The Morgan fingerprint density at radius 3 is 2.62 bits per heavy atom. The van der Waals surface area contributed by atoms with Crippen molar-refractivity contribution in [2.24, 2.45) is 5.92 Å². The minimum absolute atomic E-state index is 0.0755. The molecule has 0 radical (unpaired) electrons. The Hall–Kier alpha value is -1.21. The van der Waals surface area contributed by atoms with Gasteiger partial charge in [-0.15, -0.1) is 0 Å². The lowest BCUT2D eigenvalue weighted by Gasteiger charge is -2.13. The average molecular weight is 416 g/mol. The Balaban J connectivity index is 2.02. The first-order chi connectivity index (χ1) is 9.88. The molecule has 0 spiro atoms. The molecule has 2 rings (SSSR count). The van der Waals surface area contributed by atoms with Crippen LogP contribution in [0.25, 0.3) is 0 Å². The predicted octanol–water partition coefficient (Wildman–Crippen LogP) is 3.69. The summed E-state index contributed by atoms with van der Waals surface area (Å²) in [6.45, 7) is 6.31. The van der Waals surface area contributed by atoms with Crippen LogP contribution in [0.15, 0.2) is 27.3 Å². The number of nitrogens with zero attached hydrogens (tertiary/aromatic N) is 3. The smallest absolute Gasteiger partial charge is 0.230 e. The molecule has 0 aliphatic carbocycles. The first-order valence-corrected chi connectivity index (χ1v) is 8.09. The number of hydrogen-bond acceptors (Lipinski definition) is 3. The molecule has 1 amide bonds. The Morgan fingerprint density at radius 2 is 2.10 bits per heavy atom. The maximum absolute atomic E-state index is 12.2. The van der Waals surface area contributed by atoms with Gasteiger partial charge in [0.15, 0.2) is 0 Å². The van der Waals surface area contributed by atoms with Crippen LogP contribution in [0.3, 0.4) is 0 Å². The highest BCUT2D eigenvalue weighted by molar-refractivity contribution is 9.10. The zero-order chi connectivity index (χ0) is 15.6. The highest BCUT2D eigenvalue weighted by Gasteiger charge is 2.17. The standard InChI is InChI=1S/C14H16Br2N4O/c1-8(7-20-10(3)13(16)9(2)19-20)14(21)18-12-5-4-11(15)6-17-12/h4-6,8H,7H2,1-3H3,(H,17,18,21). The molecule has 2 aromatic heterocycles. The summed E-state index contributed by atoms with van der Waals surface area (Å²) < 4.78 is 3.71. The van der Waals surface area contributed by atoms with Gasteiger partial charge in [0.05, 0.1) is 22.6 Å². The van der Waals surface area contributed by atoms with Crippen molar-refractivity contribution in [3.05, 3.63) is 38.7 Å². The highest BCUT2D eigenvalue weighted by Crippen LogP contribution is 2.21. The van der Waals surface area contributed by atoms with E-state index in [0.29, 0.717) is 12.4 Å². The van der Waals surface area contributed by atoms with Crippen molar-refractivity contribution < 1.29 is 4.79 Å². The number of anilines is 1. The molecule has 0 fully saturated rings. The largest absolute Gasteiger partial charge is 0.310 e. The van der Waals surface area contributed by atoms with Gasteiger partial charge in [0.25, 0.3) is 0 Å². The number of aryl methyl sites for hydroxylation is 1. The summed E-state index contributed by atoms with van der Waals surface area (Å²) in [5, 5.41) is 7.23. The molecular weight excluding hydrogens is 400 g/mol. The summed E-state index contributed by atoms with van der Waals surface area (Å²) >= 11 is 6.80. The highest BCUT2D eigenvalue weighted by atomic mass is 79.9. The van der Waals surface area contributed by atoms with E-state index < -0.39 is 0 Å². The van der Waals surface area contributed by atoms with E-state index in [0.717, 1.165) is 20.3 Å². The summed E-state index contributed by atoms with van der Waals surface area (Å²) in [5.74, 6) is 0.262. The number of carbonyl (C=O) groups is 1. The van der Waals surface area contributed by atoms with E-state index >= 15 is 0 Å². The lowest BCUT2D eigenvalue weighted by Crippen LogP contribution is -2.25. The Labute approximate surface area is 140 Å². The average Bonchev–Trinajstić information content (AvgIpc) is 2.69. The number of carbonyl (C=O) groups excluding carboxylic acids is 1. The lowest BCUT2D eigenvalue weighted by molar-refractivity contribution is -0.119. The first-order valence-electron chi connectivity index (χ1n) is 6.50. The van der Waals surface area contributed by atoms with E-state index in [1.807, 2.05) is 31.5 Å². The van der Waals surface area contributed by atoms with E-state index in [9.17, 15) is 4.79 Å². The number of hydrogen-bond donors (Lipinski definition) is 1. The molecule has 1 N–H and O–H groups in total. The minimum atomic E-state index is -0.208. The SMILES string of the molecule is Cc1nn(CC(C)C(=O)Nc2ccc(Br)cn2)c(C)c1Br. The van der Waals surface area contributed by atoms with Crippen LogP contribution in [0.2, 0.25) is 0 Å². The third-order valence-corrected chi connectivity index (χ3v) is 4.78. The second kappa shape index (κ2) is 6.70. The molecule has 2 aromatic rings. The maximum atomic E-state index is 12.2. The molecule has 0 aliphatic rings. The molecule has 0 saturated carbocycles. The predicted molar refractivity (Wildman–Crippen MR) is 89.1 cm³/mol. The minimum Gasteiger partial charge on any atom is -0.310 e. The molecule has 0 aliphatic heterocycles. The van der Waals surface area contributed by atoms with Crippen molar-refractivity contribution in [2.45, 2.75) is 27.3 Å². The quantitative estimate of drug-likeness (QED) is 0.828. The third-order valence-electron chi connectivity index (χ3n) is 3.17. The van der Waals surface area contributed by atoms with Gasteiger partial charge in [0.2, 0.25) is 5.91 Å². The van der Waals surface area contributed by atoms with Crippen LogP contribution in [-0.2, 0) is 11.3 Å². The van der Waals surface area contributed by atoms with Crippen molar-refractivity contribution in [3.63, 3.8) is 0 Å². The lowest BCUT2D eigenvalue weighted by atomic mass is 10.1. The van der Waals surface area contributed by atoms with Crippen LogP contribution in [0.1, 0.15) is 18.3 Å². The molecule has 5 nitrogen and oxygen atoms in total. The molecule has 7 heteroatoms. The molecule has 21 heavy (non-hydrogen) atoms. The molecule has 0 bridgehead atoms. The first kappa shape index (κ1) is 16.2. The van der Waals surface area contributed by atoms with Gasteiger partial charge in [-0.05, 0) is 57.8 Å². The zero-order valence-corrected chi connectivity index (χ0v) is 15.2. The van der Waals surface area contributed by atoms with Crippen molar-refractivity contribution in [2.75, 3.05) is 5.32 Å². The maximum Gasteiger partial charge on any atom is 0.230 e. The van der Waals surface area contributed by atoms with Crippen molar-refractivity contribution in [1.82, 2.24) is 14.8 Å². The summed E-state index contributed by atoms with van der Waals surface area (Å²) in [7, 11) is 0. The monoisotopic (exact) mass is 414 g/mol. The van der Waals surface area contributed by atoms with E-state index in [-0.39, 0.29) is 11.8 Å². The topological polar surface area (TPSA) is 59.8 Å². The summed E-state index contributed by atoms with van der Waals surface area (Å²) in [5.41, 5.74) is 1.95. The number of nitrogens with one attached hydrogen (secondary N) is 1. The Bertz CT molecular complexity index is 652. The van der Waals surface area contributed by atoms with Gasteiger partial charge >= 0.3 is 0 Å². The van der Waals surface area contributed by atoms with Crippen LogP contribution in [0.5, 0.6) is 0 Å². The van der Waals surface area contributed by atoms with Gasteiger partial charge in [-0.3, -0.25) is 9.48 Å². The molecule has 112 valence electrons. The van der Waals surface area contributed by atoms with Gasteiger partial charge in [-0.2, -0.15) is 5.10 Å². The number of halogens is 2. The van der Waals surface area contributed by atoms with Gasteiger partial charge in [0, 0.05) is 16.4 Å². The fourth-order valence-corrected chi connectivity index (χ4v) is 2.41. The fourth-order valence-electron chi connectivity index (χ4n) is 1.89. The second-order valence-corrected chi connectivity index (χ2v) is 6.63. The number of rotatable bonds is 4. The number of pyridine rings is 1. The van der Waals surface area contributed by atoms with Crippen molar-refractivity contribution in [1.29, 1.82) is 0 Å². The third kappa shape index (κ3) is 3.91. The van der Waals surface area contributed by atoms with Crippen molar-refractivity contribution >= 4 is 43.6 Å². The van der Waals surface area contributed by atoms with Gasteiger partial charge in [0.1, 0.15) is 5.82 Å². The number of aromatic nitrogens is 3. The van der Waals surface area contributed by atoms with E-state index in [2.05, 4.69) is 47.3 Å². The van der Waals surface area contributed by atoms with E-state index in [1.165, 1.54) is 0 Å². The molecule has 1 atom stereocenters. The normalized spacial score (nSPS) is 12.2. The molecule has 0 saturated heterocycles. The van der Waals surface area contributed by atoms with Crippen LogP contribution in [0, 0.1) is 19.8 Å². The van der Waals surface area contributed by atoms with Crippen LogP contribution >= 0.6 is 31.9 Å². The van der Waals surface area contributed by atoms with Crippen molar-refractivity contribution in [3.8, 4) is 0 Å². The van der Waals surface area contributed by atoms with Crippen LogP contribution < -0.4 is 5.32 Å². The number of amides is 1. The van der Waals surface area contributed by atoms with Gasteiger partial charge in [-0.25, -0.2) is 4.98 Å². The summed E-state index contributed by atoms with van der Waals surface area (Å²) in [4.78, 5) is 16.3. The van der Waals surface area contributed by atoms with Gasteiger partial charge in [-0.1, -0.05) is 6.92 Å². The Morgan fingerprint density at radius 1 is 1.38 bits per heavy atom. The summed E-state index contributed by atoms with van der Waals surface area (Å²) in [6.07, 6.45) is 1.65. The van der Waals surface area contributed by atoms with E-state index in [4.69, 9.17) is 0 Å². The molecular formula is C14H16Br2N4O. The zero-order valence-electron chi connectivity index (χ0n) is 12.0. The summed E-state index contributed by atoms with van der Waals surface area (Å²) in [6, 6.07) is 3.60. The van der Waals surface area contributed by atoms with Crippen LogP contribution in [0.4, 0.5) is 5.82 Å². The second-order valence-electron chi connectivity index (χ2n) is 4.92. The van der Waals surface area contributed by atoms with Gasteiger partial charge < -0.3 is 5.32 Å². The fraction of sp³-hybridized carbons (Fsp3) is 0.357.